The maximum Gasteiger partial charge on any atom is 0.318 e. The zero-order chi connectivity index (χ0) is 10.6. The summed E-state index contributed by atoms with van der Waals surface area (Å²) in [6, 6.07) is -0.193. The molecule has 0 aromatic carbocycles. The van der Waals surface area contributed by atoms with Gasteiger partial charge in [-0.05, 0) is 12.8 Å². The van der Waals surface area contributed by atoms with Crippen molar-refractivity contribution < 1.29 is 15.0 Å². The number of carbonyl (C=O) groups excluding carboxylic acids is 1. The molecule has 82 valence electrons. The summed E-state index contributed by atoms with van der Waals surface area (Å²) in [6.07, 6.45) is 1.40. The van der Waals surface area contributed by atoms with Crippen LogP contribution in [0.3, 0.4) is 0 Å². The highest BCUT2D eigenvalue weighted by Gasteiger charge is 2.38. The van der Waals surface area contributed by atoms with E-state index in [9.17, 15) is 15.0 Å². The molecule has 0 saturated carbocycles. The number of hydrogen-bond acceptors (Lipinski definition) is 3. The van der Waals surface area contributed by atoms with Gasteiger partial charge in [0, 0.05) is 13.1 Å². The Morgan fingerprint density at radius 1 is 1.50 bits per heavy atom. The van der Waals surface area contributed by atoms with E-state index >= 15 is 0 Å². The topological polar surface area (TPSA) is 72.8 Å². The number of rotatable bonds is 4. The van der Waals surface area contributed by atoms with E-state index < -0.39 is 5.54 Å². The van der Waals surface area contributed by atoms with Gasteiger partial charge in [0.25, 0.3) is 0 Å². The minimum absolute atomic E-state index is 0.193. The predicted molar refractivity (Wildman–Crippen MR) is 51.9 cm³/mol. The lowest BCUT2D eigenvalue weighted by atomic mass is 9.95. The van der Waals surface area contributed by atoms with Crippen LogP contribution in [0.2, 0.25) is 0 Å². The van der Waals surface area contributed by atoms with Gasteiger partial charge >= 0.3 is 6.03 Å². The average Bonchev–Trinajstić information content (AvgIpc) is 2.24. The summed E-state index contributed by atoms with van der Waals surface area (Å²) >= 11 is 0. The third-order valence-electron chi connectivity index (χ3n) is 2.90. The lowest BCUT2D eigenvalue weighted by molar-refractivity contribution is 0.00221. The molecule has 2 amide bonds. The lowest BCUT2D eigenvalue weighted by Gasteiger charge is -2.43. The van der Waals surface area contributed by atoms with Crippen LogP contribution in [0.15, 0.2) is 0 Å². The van der Waals surface area contributed by atoms with Crippen LogP contribution < -0.4 is 5.32 Å². The highest BCUT2D eigenvalue weighted by atomic mass is 16.3. The SMILES string of the molecule is CCC(CO)(CO)N1CCCNC1=O. The van der Waals surface area contributed by atoms with Crippen LogP contribution in [0.5, 0.6) is 0 Å². The number of carbonyl (C=O) groups is 1. The van der Waals surface area contributed by atoms with Gasteiger partial charge in [-0.25, -0.2) is 4.79 Å². The molecule has 3 N–H and O–H groups in total. The van der Waals surface area contributed by atoms with Gasteiger partial charge < -0.3 is 20.4 Å². The van der Waals surface area contributed by atoms with Crippen LogP contribution in [0.25, 0.3) is 0 Å². The monoisotopic (exact) mass is 202 g/mol. The van der Waals surface area contributed by atoms with Crippen LogP contribution in [0, 0.1) is 0 Å². The molecular formula is C9H18N2O3. The first kappa shape index (κ1) is 11.3. The van der Waals surface area contributed by atoms with Crippen LogP contribution in [-0.2, 0) is 0 Å². The Labute approximate surface area is 83.7 Å². The second kappa shape index (κ2) is 4.61. The highest BCUT2D eigenvalue weighted by molar-refractivity contribution is 5.75. The first-order chi connectivity index (χ1) is 6.70. The average molecular weight is 202 g/mol. The van der Waals surface area contributed by atoms with E-state index in [1.165, 1.54) is 4.90 Å². The molecule has 0 aromatic rings. The number of urea groups is 1. The second-order valence-corrected chi connectivity index (χ2v) is 3.63. The molecule has 0 aliphatic carbocycles. The minimum Gasteiger partial charge on any atom is -0.394 e. The zero-order valence-electron chi connectivity index (χ0n) is 8.49. The summed E-state index contributed by atoms with van der Waals surface area (Å²) < 4.78 is 0. The fourth-order valence-corrected chi connectivity index (χ4v) is 1.72. The number of hydrogen-bond donors (Lipinski definition) is 3. The first-order valence-electron chi connectivity index (χ1n) is 4.97. The number of aliphatic hydroxyl groups is 2. The van der Waals surface area contributed by atoms with Gasteiger partial charge in [0.2, 0.25) is 0 Å². The van der Waals surface area contributed by atoms with E-state index in [-0.39, 0.29) is 19.2 Å². The Balaban J connectivity index is 2.79. The van der Waals surface area contributed by atoms with Gasteiger partial charge in [-0.15, -0.1) is 0 Å². The summed E-state index contributed by atoms with van der Waals surface area (Å²) in [5, 5.41) is 21.2. The summed E-state index contributed by atoms with van der Waals surface area (Å²) in [6.45, 7) is 2.72. The Morgan fingerprint density at radius 2 is 2.14 bits per heavy atom. The molecule has 0 radical (unpaired) electrons. The highest BCUT2D eigenvalue weighted by Crippen LogP contribution is 2.21. The number of amides is 2. The summed E-state index contributed by atoms with van der Waals surface area (Å²) in [4.78, 5) is 13.0. The molecule has 1 fully saturated rings. The van der Waals surface area contributed by atoms with Crippen molar-refractivity contribution in [2.24, 2.45) is 0 Å². The van der Waals surface area contributed by atoms with E-state index in [0.717, 1.165) is 6.42 Å². The Bertz CT molecular complexity index is 196. The van der Waals surface area contributed by atoms with E-state index in [1.807, 2.05) is 6.92 Å². The third kappa shape index (κ3) is 1.83. The summed E-state index contributed by atoms with van der Waals surface area (Å²) in [5.74, 6) is 0. The lowest BCUT2D eigenvalue weighted by Crippen LogP contribution is -2.61. The molecule has 1 saturated heterocycles. The van der Waals surface area contributed by atoms with Crippen LogP contribution in [0.1, 0.15) is 19.8 Å². The predicted octanol–water partition coefficient (Wildman–Crippen LogP) is -0.465. The molecule has 1 aliphatic heterocycles. The molecular weight excluding hydrogens is 184 g/mol. The largest absolute Gasteiger partial charge is 0.394 e. The number of nitrogens with one attached hydrogen (secondary N) is 1. The van der Waals surface area contributed by atoms with Crippen molar-refractivity contribution in [2.75, 3.05) is 26.3 Å². The van der Waals surface area contributed by atoms with Crippen molar-refractivity contribution in [3.05, 3.63) is 0 Å². The van der Waals surface area contributed by atoms with Crippen molar-refractivity contribution in [3.63, 3.8) is 0 Å². The molecule has 5 nitrogen and oxygen atoms in total. The summed E-state index contributed by atoms with van der Waals surface area (Å²) in [7, 11) is 0. The van der Waals surface area contributed by atoms with Crippen LogP contribution >= 0.6 is 0 Å². The molecule has 0 atom stereocenters. The molecule has 0 unspecified atom stereocenters. The molecule has 0 bridgehead atoms. The van der Waals surface area contributed by atoms with Crippen molar-refractivity contribution in [3.8, 4) is 0 Å². The van der Waals surface area contributed by atoms with E-state index in [2.05, 4.69) is 5.32 Å². The van der Waals surface area contributed by atoms with Gasteiger partial charge in [0.05, 0.1) is 18.8 Å². The molecule has 5 heteroatoms. The fourth-order valence-electron chi connectivity index (χ4n) is 1.72. The van der Waals surface area contributed by atoms with Crippen molar-refractivity contribution in [1.82, 2.24) is 10.2 Å². The molecule has 1 aliphatic rings. The smallest absolute Gasteiger partial charge is 0.318 e. The van der Waals surface area contributed by atoms with Crippen LogP contribution in [-0.4, -0.2) is 53.0 Å². The van der Waals surface area contributed by atoms with E-state index in [1.54, 1.807) is 0 Å². The van der Waals surface area contributed by atoms with Crippen molar-refractivity contribution in [1.29, 1.82) is 0 Å². The molecule has 14 heavy (non-hydrogen) atoms. The van der Waals surface area contributed by atoms with Gasteiger partial charge in [0.15, 0.2) is 0 Å². The molecule has 0 spiro atoms. The van der Waals surface area contributed by atoms with Gasteiger partial charge in [-0.1, -0.05) is 6.92 Å². The fraction of sp³-hybridized carbons (Fsp3) is 0.889. The third-order valence-corrected chi connectivity index (χ3v) is 2.90. The Kier molecular flexibility index (Phi) is 3.71. The number of nitrogens with zero attached hydrogens (tertiary/aromatic N) is 1. The van der Waals surface area contributed by atoms with Gasteiger partial charge in [-0.2, -0.15) is 0 Å². The van der Waals surface area contributed by atoms with E-state index in [0.29, 0.717) is 19.5 Å². The Hall–Kier alpha value is -0.810. The maximum atomic E-state index is 11.5. The molecule has 1 heterocycles. The zero-order valence-corrected chi connectivity index (χ0v) is 8.49. The summed E-state index contributed by atoms with van der Waals surface area (Å²) in [5.41, 5.74) is -0.801. The molecule has 1 rings (SSSR count). The standard InChI is InChI=1S/C9H18N2O3/c1-2-9(6-12,7-13)11-5-3-4-10-8(11)14/h12-13H,2-7H2,1H3,(H,10,14). The second-order valence-electron chi connectivity index (χ2n) is 3.63. The van der Waals surface area contributed by atoms with Gasteiger partial charge in [0.1, 0.15) is 0 Å². The van der Waals surface area contributed by atoms with Crippen molar-refractivity contribution in [2.45, 2.75) is 25.3 Å². The van der Waals surface area contributed by atoms with Crippen molar-refractivity contribution >= 4 is 6.03 Å². The quantitative estimate of drug-likeness (QED) is 0.577. The van der Waals surface area contributed by atoms with Gasteiger partial charge in [-0.3, -0.25) is 0 Å². The minimum atomic E-state index is -0.801. The maximum absolute atomic E-state index is 11.5. The van der Waals surface area contributed by atoms with Crippen LogP contribution in [0.4, 0.5) is 4.79 Å². The first-order valence-corrected chi connectivity index (χ1v) is 4.97. The number of aliphatic hydroxyl groups excluding tert-OH is 2. The Morgan fingerprint density at radius 3 is 2.57 bits per heavy atom. The molecule has 0 aromatic heterocycles. The normalized spacial score (nSPS) is 18.2. The van der Waals surface area contributed by atoms with E-state index in [4.69, 9.17) is 0 Å².